The van der Waals surface area contributed by atoms with Gasteiger partial charge in [0.2, 0.25) is 0 Å². The summed E-state index contributed by atoms with van der Waals surface area (Å²) in [5.41, 5.74) is 10.0. The van der Waals surface area contributed by atoms with Gasteiger partial charge in [0.25, 0.3) is 0 Å². The van der Waals surface area contributed by atoms with Crippen molar-refractivity contribution in [3.63, 3.8) is 0 Å². The smallest absolute Gasteiger partial charge is 0.140 e. The molecule has 20 heavy (non-hydrogen) atoms. The molecule has 0 amide bonds. The van der Waals surface area contributed by atoms with Crippen LogP contribution in [0.2, 0.25) is 0 Å². The summed E-state index contributed by atoms with van der Waals surface area (Å²) in [5.74, 6) is 0.939. The zero-order valence-electron chi connectivity index (χ0n) is 12.0. The number of nitrogens with zero attached hydrogens (tertiary/aromatic N) is 3. The topological polar surface area (TPSA) is 56.7 Å². The lowest BCUT2D eigenvalue weighted by atomic mass is 9.95. The third-order valence-corrected chi connectivity index (χ3v) is 3.56. The lowest BCUT2D eigenvalue weighted by Crippen LogP contribution is -2.28. The zero-order valence-corrected chi connectivity index (χ0v) is 12.0. The predicted molar refractivity (Wildman–Crippen MR) is 81.2 cm³/mol. The molecular weight excluding hydrogens is 248 g/mol. The van der Waals surface area contributed by atoms with Gasteiger partial charge in [-0.05, 0) is 43.7 Å². The molecule has 102 valence electrons. The van der Waals surface area contributed by atoms with Gasteiger partial charge < -0.3 is 10.3 Å². The molecule has 1 aromatic carbocycles. The molecule has 0 fully saturated rings. The average molecular weight is 266 g/mol. The second-order valence-electron chi connectivity index (χ2n) is 5.66. The Morgan fingerprint density at radius 3 is 2.45 bits per heavy atom. The number of aromatic nitrogens is 3. The van der Waals surface area contributed by atoms with Crippen LogP contribution in [0.5, 0.6) is 0 Å². The highest BCUT2D eigenvalue weighted by Crippen LogP contribution is 2.26. The van der Waals surface area contributed by atoms with E-state index in [1.165, 1.54) is 0 Å². The minimum atomic E-state index is -0.359. The molecule has 0 unspecified atom stereocenters. The highest BCUT2D eigenvalue weighted by atomic mass is 15.1. The van der Waals surface area contributed by atoms with E-state index in [0.29, 0.717) is 0 Å². The summed E-state index contributed by atoms with van der Waals surface area (Å²) in [6.07, 6.45) is 3.56. The molecule has 2 aromatic heterocycles. The van der Waals surface area contributed by atoms with Gasteiger partial charge in [-0.15, -0.1) is 0 Å². The number of hydrogen-bond donors (Lipinski definition) is 1. The maximum Gasteiger partial charge on any atom is 0.140 e. The van der Waals surface area contributed by atoms with Gasteiger partial charge in [0, 0.05) is 30.5 Å². The summed E-state index contributed by atoms with van der Waals surface area (Å²) in [7, 11) is 2.03. The molecule has 0 saturated carbocycles. The molecule has 0 bridgehead atoms. The maximum atomic E-state index is 6.16. The summed E-state index contributed by atoms with van der Waals surface area (Å²) in [6, 6.07) is 10.2. The molecule has 2 heterocycles. The van der Waals surface area contributed by atoms with Crippen LogP contribution in [0, 0.1) is 0 Å². The second-order valence-corrected chi connectivity index (χ2v) is 5.66. The van der Waals surface area contributed by atoms with E-state index in [4.69, 9.17) is 10.7 Å². The molecule has 0 atom stereocenters. The van der Waals surface area contributed by atoms with E-state index in [0.717, 1.165) is 28.0 Å². The summed E-state index contributed by atoms with van der Waals surface area (Å²) in [5, 5.41) is 0. The van der Waals surface area contributed by atoms with Crippen molar-refractivity contribution in [1.29, 1.82) is 0 Å². The van der Waals surface area contributed by atoms with E-state index in [1.807, 2.05) is 33.0 Å². The van der Waals surface area contributed by atoms with Crippen LogP contribution >= 0.6 is 0 Å². The molecule has 2 N–H and O–H groups in total. The van der Waals surface area contributed by atoms with Crippen LogP contribution in [0.1, 0.15) is 19.4 Å². The van der Waals surface area contributed by atoms with Crippen molar-refractivity contribution >= 4 is 11.0 Å². The molecule has 0 saturated heterocycles. The van der Waals surface area contributed by atoms with Crippen molar-refractivity contribution in [1.82, 2.24) is 14.5 Å². The molecular formula is C16H18N4. The molecule has 0 aliphatic heterocycles. The van der Waals surface area contributed by atoms with Crippen LogP contribution in [0.4, 0.5) is 0 Å². The first-order chi connectivity index (χ1) is 9.47. The first kappa shape index (κ1) is 12.8. The first-order valence-corrected chi connectivity index (χ1v) is 6.63. The predicted octanol–water partition coefficient (Wildman–Crippen LogP) is 2.83. The Labute approximate surface area is 118 Å². The van der Waals surface area contributed by atoms with Gasteiger partial charge in [-0.1, -0.05) is 6.07 Å². The summed E-state index contributed by atoms with van der Waals surface area (Å²) < 4.78 is 2.10. The molecule has 3 aromatic rings. The van der Waals surface area contributed by atoms with E-state index >= 15 is 0 Å². The number of nitrogens with two attached hydrogens (primary N) is 1. The monoisotopic (exact) mass is 266 g/mol. The maximum absolute atomic E-state index is 6.16. The van der Waals surface area contributed by atoms with Crippen molar-refractivity contribution < 1.29 is 0 Å². The third kappa shape index (κ3) is 2.08. The van der Waals surface area contributed by atoms with Gasteiger partial charge in [0.1, 0.15) is 5.82 Å². The van der Waals surface area contributed by atoms with Gasteiger partial charge in [-0.3, -0.25) is 4.98 Å². The van der Waals surface area contributed by atoms with E-state index in [-0.39, 0.29) is 5.54 Å². The zero-order chi connectivity index (χ0) is 14.3. The van der Waals surface area contributed by atoms with Crippen molar-refractivity contribution in [3.05, 3.63) is 48.3 Å². The SMILES string of the molecule is Cn1c(-c2ccncc2)nc2cc(C(C)(C)N)ccc21. The minimum Gasteiger partial charge on any atom is -0.327 e. The Balaban J connectivity index is 2.20. The van der Waals surface area contributed by atoms with Gasteiger partial charge in [0.15, 0.2) is 0 Å². The number of hydrogen-bond acceptors (Lipinski definition) is 3. The van der Waals surface area contributed by atoms with Crippen LogP contribution in [0.3, 0.4) is 0 Å². The Kier molecular flexibility index (Phi) is 2.83. The summed E-state index contributed by atoms with van der Waals surface area (Å²) >= 11 is 0. The summed E-state index contributed by atoms with van der Waals surface area (Å²) in [4.78, 5) is 8.78. The van der Waals surface area contributed by atoms with Crippen molar-refractivity contribution in [2.24, 2.45) is 12.8 Å². The number of aryl methyl sites for hydroxylation is 1. The molecule has 3 rings (SSSR count). The number of imidazole rings is 1. The highest BCUT2D eigenvalue weighted by molar-refractivity contribution is 5.81. The van der Waals surface area contributed by atoms with Gasteiger partial charge in [0.05, 0.1) is 11.0 Å². The molecule has 0 aliphatic rings. The number of rotatable bonds is 2. The van der Waals surface area contributed by atoms with Crippen LogP contribution in [0.25, 0.3) is 22.4 Å². The fourth-order valence-electron chi connectivity index (χ4n) is 2.36. The van der Waals surface area contributed by atoms with Crippen molar-refractivity contribution in [2.45, 2.75) is 19.4 Å². The molecule has 4 heteroatoms. The van der Waals surface area contributed by atoms with Gasteiger partial charge in [-0.25, -0.2) is 4.98 Å². The second kappa shape index (κ2) is 4.42. The normalized spacial score (nSPS) is 12.0. The number of fused-ring (bicyclic) bond motifs is 1. The Hall–Kier alpha value is -2.20. The molecule has 0 radical (unpaired) electrons. The fraction of sp³-hybridized carbons (Fsp3) is 0.250. The van der Waals surface area contributed by atoms with Crippen LogP contribution in [-0.4, -0.2) is 14.5 Å². The van der Waals surface area contributed by atoms with Gasteiger partial charge in [-0.2, -0.15) is 0 Å². The lowest BCUT2D eigenvalue weighted by Gasteiger charge is -2.18. The molecule has 4 nitrogen and oxygen atoms in total. The lowest BCUT2D eigenvalue weighted by molar-refractivity contribution is 0.555. The van der Waals surface area contributed by atoms with Gasteiger partial charge >= 0.3 is 0 Å². The van der Waals surface area contributed by atoms with E-state index < -0.39 is 0 Å². The Morgan fingerprint density at radius 2 is 1.80 bits per heavy atom. The average Bonchev–Trinajstić information content (AvgIpc) is 2.76. The fourth-order valence-corrected chi connectivity index (χ4v) is 2.36. The Bertz CT molecular complexity index is 751. The van der Waals surface area contributed by atoms with E-state index in [2.05, 4.69) is 27.8 Å². The highest BCUT2D eigenvalue weighted by Gasteiger charge is 2.16. The number of benzene rings is 1. The molecule has 0 aliphatic carbocycles. The Morgan fingerprint density at radius 1 is 1.10 bits per heavy atom. The quantitative estimate of drug-likeness (QED) is 0.776. The summed E-state index contributed by atoms with van der Waals surface area (Å²) in [6.45, 7) is 4.00. The standard InChI is InChI=1S/C16H18N4/c1-16(2,17)12-4-5-14-13(10-12)19-15(20(14)3)11-6-8-18-9-7-11/h4-10H,17H2,1-3H3. The van der Waals surface area contributed by atoms with Crippen LogP contribution < -0.4 is 5.73 Å². The van der Waals surface area contributed by atoms with E-state index in [1.54, 1.807) is 12.4 Å². The third-order valence-electron chi connectivity index (χ3n) is 3.56. The van der Waals surface area contributed by atoms with Crippen LogP contribution in [0.15, 0.2) is 42.7 Å². The van der Waals surface area contributed by atoms with Crippen LogP contribution in [-0.2, 0) is 12.6 Å². The number of pyridine rings is 1. The van der Waals surface area contributed by atoms with E-state index in [9.17, 15) is 0 Å². The minimum absolute atomic E-state index is 0.359. The largest absolute Gasteiger partial charge is 0.327 e. The van der Waals surface area contributed by atoms with Crippen molar-refractivity contribution in [3.8, 4) is 11.4 Å². The van der Waals surface area contributed by atoms with Crippen molar-refractivity contribution in [2.75, 3.05) is 0 Å². The first-order valence-electron chi connectivity index (χ1n) is 6.63. The molecule has 0 spiro atoms.